The summed E-state index contributed by atoms with van der Waals surface area (Å²) in [5, 5.41) is 11.7. The molecule has 76 valence electrons. The molecular weight excluding hydrogens is 166 g/mol. The molecule has 0 aliphatic carbocycles. The van der Waals surface area contributed by atoms with Gasteiger partial charge in [-0.2, -0.15) is 0 Å². The molecule has 0 aromatic rings. The summed E-state index contributed by atoms with van der Waals surface area (Å²) in [6, 6.07) is 0.371. The van der Waals surface area contributed by atoms with Crippen LogP contribution >= 0.6 is 0 Å². The zero-order chi connectivity index (χ0) is 10.4. The van der Waals surface area contributed by atoms with Gasteiger partial charge in [-0.15, -0.1) is 0 Å². The zero-order valence-corrected chi connectivity index (χ0v) is 8.63. The fourth-order valence-corrected chi connectivity index (χ4v) is 1.18. The molecule has 1 unspecified atom stereocenters. The smallest absolute Gasteiger partial charge is 0.332 e. The van der Waals surface area contributed by atoms with Gasteiger partial charge in [0, 0.05) is 18.2 Å². The second kappa shape index (κ2) is 5.75. The minimum absolute atomic E-state index is 0.221. The molecule has 0 aromatic heterocycles. The summed E-state index contributed by atoms with van der Waals surface area (Å²) in [4.78, 5) is 10.4. The summed E-state index contributed by atoms with van der Waals surface area (Å²) in [6.45, 7) is 10.1. The van der Waals surface area contributed by atoms with Crippen LogP contribution in [0.3, 0.4) is 0 Å². The molecule has 0 spiro atoms. The van der Waals surface area contributed by atoms with E-state index in [4.69, 9.17) is 5.11 Å². The minimum Gasteiger partial charge on any atom is -0.478 e. The molecule has 0 amide bonds. The zero-order valence-electron chi connectivity index (χ0n) is 8.63. The molecule has 0 aromatic carbocycles. The first-order chi connectivity index (χ1) is 5.99. The van der Waals surface area contributed by atoms with Crippen LogP contribution in [-0.4, -0.2) is 23.7 Å². The van der Waals surface area contributed by atoms with Crippen molar-refractivity contribution in [1.29, 1.82) is 0 Å². The lowest BCUT2D eigenvalue weighted by molar-refractivity contribution is -0.132. The molecule has 0 fully saturated rings. The summed E-state index contributed by atoms with van der Waals surface area (Å²) in [5.74, 6) is -0.405. The Labute approximate surface area is 79.8 Å². The van der Waals surface area contributed by atoms with Gasteiger partial charge in [0.05, 0.1) is 0 Å². The summed E-state index contributed by atoms with van der Waals surface area (Å²) < 4.78 is 0. The van der Waals surface area contributed by atoms with E-state index in [-0.39, 0.29) is 5.57 Å². The van der Waals surface area contributed by atoms with Crippen LogP contribution in [0, 0.1) is 5.92 Å². The summed E-state index contributed by atoms with van der Waals surface area (Å²) >= 11 is 0. The van der Waals surface area contributed by atoms with Crippen molar-refractivity contribution in [3.05, 3.63) is 12.2 Å². The van der Waals surface area contributed by atoms with Gasteiger partial charge >= 0.3 is 5.97 Å². The van der Waals surface area contributed by atoms with Crippen LogP contribution in [0.2, 0.25) is 0 Å². The van der Waals surface area contributed by atoms with Crippen molar-refractivity contribution in [2.45, 2.75) is 33.2 Å². The van der Waals surface area contributed by atoms with Crippen molar-refractivity contribution >= 4 is 5.97 Å². The maximum absolute atomic E-state index is 10.4. The highest BCUT2D eigenvalue weighted by Gasteiger charge is 2.11. The highest BCUT2D eigenvalue weighted by atomic mass is 16.4. The Kier molecular flexibility index (Phi) is 5.39. The Morgan fingerprint density at radius 1 is 1.54 bits per heavy atom. The lowest BCUT2D eigenvalue weighted by atomic mass is 10.0. The fourth-order valence-electron chi connectivity index (χ4n) is 1.18. The monoisotopic (exact) mass is 185 g/mol. The van der Waals surface area contributed by atoms with Gasteiger partial charge in [0.25, 0.3) is 0 Å². The average Bonchev–Trinajstić information content (AvgIpc) is 2.04. The number of carboxylic acid groups (broad SMARTS) is 1. The molecular formula is C10H19NO2. The highest BCUT2D eigenvalue weighted by molar-refractivity contribution is 5.86. The summed E-state index contributed by atoms with van der Waals surface area (Å²) in [7, 11) is 0. The van der Waals surface area contributed by atoms with Crippen LogP contribution in [0.5, 0.6) is 0 Å². The number of hydrogen-bond acceptors (Lipinski definition) is 2. The Hall–Kier alpha value is -0.830. The third kappa shape index (κ3) is 4.68. The maximum Gasteiger partial charge on any atom is 0.332 e. The van der Waals surface area contributed by atoms with E-state index < -0.39 is 5.97 Å². The van der Waals surface area contributed by atoms with Crippen LogP contribution in [-0.2, 0) is 4.79 Å². The predicted molar refractivity (Wildman–Crippen MR) is 53.7 cm³/mol. The second-order valence-electron chi connectivity index (χ2n) is 3.55. The summed E-state index contributed by atoms with van der Waals surface area (Å²) in [5.41, 5.74) is 0.221. The number of aliphatic carboxylic acids is 1. The second-order valence-corrected chi connectivity index (χ2v) is 3.55. The number of carbonyl (C=O) groups is 1. The number of nitrogens with one attached hydrogen (secondary N) is 1. The molecule has 0 saturated carbocycles. The molecule has 1 atom stereocenters. The fraction of sp³-hybridized carbons (Fsp3) is 0.700. The van der Waals surface area contributed by atoms with Crippen molar-refractivity contribution in [1.82, 2.24) is 5.32 Å². The van der Waals surface area contributed by atoms with Crippen LogP contribution in [0.15, 0.2) is 12.2 Å². The van der Waals surface area contributed by atoms with Gasteiger partial charge in [0.15, 0.2) is 0 Å². The van der Waals surface area contributed by atoms with E-state index in [2.05, 4.69) is 32.7 Å². The molecule has 0 radical (unpaired) electrons. The first-order valence-electron chi connectivity index (χ1n) is 4.63. The van der Waals surface area contributed by atoms with Gasteiger partial charge in [0.1, 0.15) is 0 Å². The van der Waals surface area contributed by atoms with Gasteiger partial charge in [-0.25, -0.2) is 4.79 Å². The van der Waals surface area contributed by atoms with Crippen molar-refractivity contribution in [3.63, 3.8) is 0 Å². The van der Waals surface area contributed by atoms with Crippen molar-refractivity contribution in [2.75, 3.05) is 6.54 Å². The van der Waals surface area contributed by atoms with Crippen LogP contribution < -0.4 is 5.32 Å². The lowest BCUT2D eigenvalue weighted by Crippen LogP contribution is -2.35. The summed E-state index contributed by atoms with van der Waals surface area (Å²) in [6.07, 6.45) is 1.00. The van der Waals surface area contributed by atoms with Gasteiger partial charge in [-0.05, 0) is 12.3 Å². The SMILES string of the molecule is C=C(CNC(CC)C(C)C)C(=O)O. The van der Waals surface area contributed by atoms with E-state index in [1.54, 1.807) is 0 Å². The Morgan fingerprint density at radius 2 is 2.08 bits per heavy atom. The van der Waals surface area contributed by atoms with Crippen molar-refractivity contribution in [3.8, 4) is 0 Å². The van der Waals surface area contributed by atoms with E-state index in [0.29, 0.717) is 18.5 Å². The standard InChI is InChI=1S/C10H19NO2/c1-5-9(7(2)3)11-6-8(4)10(12)13/h7,9,11H,4-6H2,1-3H3,(H,12,13). The van der Waals surface area contributed by atoms with Gasteiger partial charge in [0.2, 0.25) is 0 Å². The topological polar surface area (TPSA) is 49.3 Å². The molecule has 13 heavy (non-hydrogen) atoms. The Balaban J connectivity index is 3.85. The van der Waals surface area contributed by atoms with Crippen LogP contribution in [0.25, 0.3) is 0 Å². The lowest BCUT2D eigenvalue weighted by Gasteiger charge is -2.20. The minimum atomic E-state index is -0.925. The van der Waals surface area contributed by atoms with Gasteiger partial charge < -0.3 is 10.4 Å². The Bertz CT molecular complexity index is 187. The van der Waals surface area contributed by atoms with E-state index in [9.17, 15) is 4.79 Å². The molecule has 0 rings (SSSR count). The van der Waals surface area contributed by atoms with Crippen LogP contribution in [0.1, 0.15) is 27.2 Å². The van der Waals surface area contributed by atoms with Gasteiger partial charge in [-0.3, -0.25) is 0 Å². The molecule has 0 bridgehead atoms. The van der Waals surface area contributed by atoms with Crippen molar-refractivity contribution in [2.24, 2.45) is 5.92 Å². The molecule has 3 nitrogen and oxygen atoms in total. The molecule has 0 aliphatic rings. The molecule has 2 N–H and O–H groups in total. The predicted octanol–water partition coefficient (Wildman–Crippen LogP) is 1.65. The Morgan fingerprint density at radius 3 is 2.38 bits per heavy atom. The molecule has 0 heterocycles. The van der Waals surface area contributed by atoms with Crippen molar-refractivity contribution < 1.29 is 9.90 Å². The quantitative estimate of drug-likeness (QED) is 0.619. The largest absolute Gasteiger partial charge is 0.478 e. The first-order valence-corrected chi connectivity index (χ1v) is 4.63. The molecule has 0 saturated heterocycles. The molecule has 0 aliphatic heterocycles. The third-order valence-electron chi connectivity index (χ3n) is 2.12. The van der Waals surface area contributed by atoms with E-state index >= 15 is 0 Å². The highest BCUT2D eigenvalue weighted by Crippen LogP contribution is 2.05. The average molecular weight is 185 g/mol. The first kappa shape index (κ1) is 12.2. The maximum atomic E-state index is 10.4. The van der Waals surface area contributed by atoms with E-state index in [0.717, 1.165) is 6.42 Å². The third-order valence-corrected chi connectivity index (χ3v) is 2.12. The van der Waals surface area contributed by atoms with Crippen LogP contribution in [0.4, 0.5) is 0 Å². The van der Waals surface area contributed by atoms with Gasteiger partial charge in [-0.1, -0.05) is 27.4 Å². The number of carboxylic acids is 1. The number of hydrogen-bond donors (Lipinski definition) is 2. The normalized spacial score (nSPS) is 12.9. The number of rotatable bonds is 6. The van der Waals surface area contributed by atoms with E-state index in [1.165, 1.54) is 0 Å². The molecule has 3 heteroatoms. The van der Waals surface area contributed by atoms with E-state index in [1.807, 2.05) is 0 Å².